The van der Waals surface area contributed by atoms with E-state index in [1.807, 2.05) is 0 Å². The van der Waals surface area contributed by atoms with Crippen molar-refractivity contribution in [1.29, 1.82) is 0 Å². The van der Waals surface area contributed by atoms with E-state index < -0.39 is 6.10 Å². The van der Waals surface area contributed by atoms with Crippen LogP contribution in [0.2, 0.25) is 0 Å². The Bertz CT molecular complexity index is 1210. The molecular formula is C66H122O6. The second kappa shape index (κ2) is 61.2. The Hall–Kier alpha value is -2.37. The molecule has 0 saturated heterocycles. The van der Waals surface area contributed by atoms with Crippen LogP contribution in [0.15, 0.2) is 36.5 Å². The third-order valence-corrected chi connectivity index (χ3v) is 14.4. The molecule has 0 aromatic rings. The summed E-state index contributed by atoms with van der Waals surface area (Å²) in [5.74, 6) is -0.860. The van der Waals surface area contributed by atoms with E-state index in [0.717, 1.165) is 77.0 Å². The fourth-order valence-corrected chi connectivity index (χ4v) is 9.57. The van der Waals surface area contributed by atoms with Crippen LogP contribution in [-0.4, -0.2) is 37.2 Å². The van der Waals surface area contributed by atoms with Gasteiger partial charge >= 0.3 is 17.9 Å². The number of esters is 3. The van der Waals surface area contributed by atoms with E-state index >= 15 is 0 Å². The van der Waals surface area contributed by atoms with Crippen LogP contribution in [0.25, 0.3) is 0 Å². The van der Waals surface area contributed by atoms with Crippen molar-refractivity contribution >= 4 is 17.9 Å². The molecule has 0 radical (unpaired) electrons. The molecular weight excluding hydrogens is 889 g/mol. The number of carbonyl (C=O) groups excluding carboxylic acids is 3. The number of hydrogen-bond acceptors (Lipinski definition) is 6. The summed E-state index contributed by atoms with van der Waals surface area (Å²) in [4.78, 5) is 38.3. The van der Waals surface area contributed by atoms with Gasteiger partial charge in [0.2, 0.25) is 0 Å². The fraction of sp³-hybridized carbons (Fsp3) is 0.864. The average molecular weight is 1010 g/mol. The summed E-state index contributed by atoms with van der Waals surface area (Å²) in [6.07, 6.45) is 74.3. The van der Waals surface area contributed by atoms with E-state index in [1.165, 1.54) is 231 Å². The predicted molar refractivity (Wildman–Crippen MR) is 312 cm³/mol. The third-order valence-electron chi connectivity index (χ3n) is 14.4. The summed E-state index contributed by atoms with van der Waals surface area (Å²) in [6.45, 7) is 6.67. The number of hydrogen-bond donors (Lipinski definition) is 0. The fourth-order valence-electron chi connectivity index (χ4n) is 9.57. The van der Waals surface area contributed by atoms with Crippen molar-refractivity contribution in [3.8, 4) is 0 Å². The third kappa shape index (κ3) is 58.5. The quantitative estimate of drug-likeness (QED) is 0.0261. The zero-order chi connectivity index (χ0) is 52.2. The van der Waals surface area contributed by atoms with Crippen LogP contribution in [-0.2, 0) is 28.6 Å². The molecule has 0 aromatic heterocycles. The molecule has 0 rings (SSSR count). The Kier molecular flexibility index (Phi) is 59.2. The Balaban J connectivity index is 4.32. The summed E-state index contributed by atoms with van der Waals surface area (Å²) in [5, 5.41) is 0. The minimum Gasteiger partial charge on any atom is -0.462 e. The van der Waals surface area contributed by atoms with Crippen LogP contribution in [0.4, 0.5) is 0 Å². The average Bonchev–Trinajstić information content (AvgIpc) is 3.38. The number of allylic oxidation sites excluding steroid dienone is 6. The molecule has 0 aliphatic heterocycles. The number of ether oxygens (including phenoxy) is 3. The topological polar surface area (TPSA) is 78.9 Å². The van der Waals surface area contributed by atoms with E-state index in [1.54, 1.807) is 0 Å². The first-order chi connectivity index (χ1) is 35.5. The summed E-state index contributed by atoms with van der Waals surface area (Å²) >= 11 is 0. The Morgan fingerprint density at radius 3 is 0.806 bits per heavy atom. The molecule has 0 saturated carbocycles. The number of rotatable bonds is 59. The summed E-state index contributed by atoms with van der Waals surface area (Å²) in [5.41, 5.74) is 0. The highest BCUT2D eigenvalue weighted by Gasteiger charge is 2.19. The van der Waals surface area contributed by atoms with Crippen molar-refractivity contribution in [3.63, 3.8) is 0 Å². The second-order valence-corrected chi connectivity index (χ2v) is 21.7. The standard InChI is InChI=1S/C66H122O6/c1-4-7-10-13-16-19-22-25-28-30-32-33-35-36-38-41-44-47-50-53-56-59-65(68)71-62-63(61-70-64(67)58-55-52-49-46-43-40-27-24-21-18-15-12-9-6-3)72-66(69)60-57-54-51-48-45-42-39-37-34-31-29-26-23-20-17-14-11-8-5-2/h17,20,26,29,34,37,63H,4-16,18-19,21-25,27-28,30-33,35-36,38-62H2,1-3H3/b20-17-,29-26-,37-34-. The lowest BCUT2D eigenvalue weighted by Crippen LogP contribution is -2.30. The minimum atomic E-state index is -0.776. The maximum absolute atomic E-state index is 12.9. The molecule has 0 N–H and O–H groups in total. The highest BCUT2D eigenvalue weighted by Crippen LogP contribution is 2.18. The van der Waals surface area contributed by atoms with Gasteiger partial charge < -0.3 is 14.2 Å². The molecule has 0 aromatic carbocycles. The largest absolute Gasteiger partial charge is 0.462 e. The molecule has 6 nitrogen and oxygen atoms in total. The van der Waals surface area contributed by atoms with Crippen molar-refractivity contribution in [1.82, 2.24) is 0 Å². The molecule has 0 fully saturated rings. The van der Waals surface area contributed by atoms with E-state index in [0.29, 0.717) is 19.3 Å². The zero-order valence-corrected chi connectivity index (χ0v) is 48.5. The van der Waals surface area contributed by atoms with E-state index in [4.69, 9.17) is 14.2 Å². The molecule has 1 atom stereocenters. The molecule has 0 aliphatic carbocycles. The van der Waals surface area contributed by atoms with Crippen molar-refractivity contribution < 1.29 is 28.6 Å². The monoisotopic (exact) mass is 1010 g/mol. The van der Waals surface area contributed by atoms with Crippen molar-refractivity contribution in [3.05, 3.63) is 36.5 Å². The predicted octanol–water partition coefficient (Wildman–Crippen LogP) is 21.6. The van der Waals surface area contributed by atoms with Gasteiger partial charge in [0.05, 0.1) is 0 Å². The first-order valence-corrected chi connectivity index (χ1v) is 32.0. The molecule has 0 bridgehead atoms. The van der Waals surface area contributed by atoms with Gasteiger partial charge in [0.25, 0.3) is 0 Å². The highest BCUT2D eigenvalue weighted by atomic mass is 16.6. The smallest absolute Gasteiger partial charge is 0.306 e. The van der Waals surface area contributed by atoms with Crippen LogP contribution >= 0.6 is 0 Å². The molecule has 0 spiro atoms. The Morgan fingerprint density at radius 2 is 0.500 bits per heavy atom. The molecule has 0 amide bonds. The second-order valence-electron chi connectivity index (χ2n) is 21.7. The van der Waals surface area contributed by atoms with Crippen molar-refractivity contribution in [2.75, 3.05) is 13.2 Å². The van der Waals surface area contributed by atoms with Crippen LogP contribution < -0.4 is 0 Å². The SMILES string of the molecule is CCCCC/C=C\C/C=C\C/C=C\CCCCCCCCC(=O)OC(COC(=O)CCCCCCCCCCCCCCCC)COC(=O)CCCCCCCCCCCCCCCCCCCCCCC. The van der Waals surface area contributed by atoms with Crippen LogP contribution in [0, 0.1) is 0 Å². The van der Waals surface area contributed by atoms with Gasteiger partial charge in [0.1, 0.15) is 13.2 Å². The van der Waals surface area contributed by atoms with E-state index in [-0.39, 0.29) is 31.1 Å². The minimum absolute atomic E-state index is 0.0722. The number of carbonyl (C=O) groups is 3. The van der Waals surface area contributed by atoms with Gasteiger partial charge in [-0.25, -0.2) is 0 Å². The maximum atomic E-state index is 12.9. The molecule has 422 valence electrons. The van der Waals surface area contributed by atoms with Crippen molar-refractivity contribution in [2.45, 2.75) is 354 Å². The Morgan fingerprint density at radius 1 is 0.278 bits per heavy atom. The molecule has 72 heavy (non-hydrogen) atoms. The van der Waals surface area contributed by atoms with E-state index in [2.05, 4.69) is 57.2 Å². The summed E-state index contributed by atoms with van der Waals surface area (Å²) < 4.78 is 16.9. The molecule has 6 heteroatoms. The highest BCUT2D eigenvalue weighted by molar-refractivity contribution is 5.71. The van der Waals surface area contributed by atoms with Gasteiger partial charge in [-0.05, 0) is 57.8 Å². The van der Waals surface area contributed by atoms with Gasteiger partial charge in [-0.15, -0.1) is 0 Å². The first-order valence-electron chi connectivity index (χ1n) is 32.0. The van der Waals surface area contributed by atoms with Crippen LogP contribution in [0.3, 0.4) is 0 Å². The van der Waals surface area contributed by atoms with Gasteiger partial charge in [-0.3, -0.25) is 14.4 Å². The normalized spacial score (nSPS) is 12.2. The zero-order valence-electron chi connectivity index (χ0n) is 48.5. The summed E-state index contributed by atoms with van der Waals surface area (Å²) in [6, 6.07) is 0. The first kappa shape index (κ1) is 69.6. The van der Waals surface area contributed by atoms with Gasteiger partial charge in [0, 0.05) is 19.3 Å². The van der Waals surface area contributed by atoms with Crippen molar-refractivity contribution in [2.24, 2.45) is 0 Å². The van der Waals surface area contributed by atoms with Gasteiger partial charge in [-0.2, -0.15) is 0 Å². The molecule has 0 heterocycles. The van der Waals surface area contributed by atoms with E-state index in [9.17, 15) is 14.4 Å². The lowest BCUT2D eigenvalue weighted by molar-refractivity contribution is -0.167. The maximum Gasteiger partial charge on any atom is 0.306 e. The molecule has 1 unspecified atom stereocenters. The van der Waals surface area contributed by atoms with Gasteiger partial charge in [0.15, 0.2) is 6.10 Å². The molecule has 0 aliphatic rings. The van der Waals surface area contributed by atoms with Gasteiger partial charge in [-0.1, -0.05) is 308 Å². The van der Waals surface area contributed by atoms with Crippen LogP contribution in [0.1, 0.15) is 348 Å². The number of unbranched alkanes of at least 4 members (excludes halogenated alkanes) is 42. The lowest BCUT2D eigenvalue weighted by atomic mass is 10.0. The van der Waals surface area contributed by atoms with Crippen LogP contribution in [0.5, 0.6) is 0 Å². The Labute approximate surface area is 448 Å². The lowest BCUT2D eigenvalue weighted by Gasteiger charge is -2.18. The summed E-state index contributed by atoms with van der Waals surface area (Å²) in [7, 11) is 0.